The number of ether oxygens (including phenoxy) is 1. The van der Waals surface area contributed by atoms with Crippen molar-refractivity contribution in [2.75, 3.05) is 45.8 Å². The standard InChI is InChI=1S/C28H31F8N3O2.2ClH/c1-17-14-38(15-18(2)41-17)6-5-37-7-8-39(23(16-37)9-19-3-4-24(29)25(30)10-19)26(40)20-11-21(27(31,32)33)13-22(12-20)28(34,35)36;;/h3-4,10-13,17-18,23H,5-9,14-16H2,1-2H3;2*1H/t17-,18+,23-;;/m1../s1. The SMILES string of the molecule is C[C@@H]1CN(CCN2CCN(C(=O)c3cc(C(F)(F)F)cc(C(F)(F)F)c3)[C@H](Cc3ccc(F)c(F)c3)C2)C[C@H](C)O1.Cl.Cl. The predicted molar refractivity (Wildman–Crippen MR) is 149 cm³/mol. The molecule has 2 heterocycles. The first-order chi connectivity index (χ1) is 19.1. The summed E-state index contributed by atoms with van der Waals surface area (Å²) in [5.74, 6) is -3.16. The van der Waals surface area contributed by atoms with Crippen LogP contribution in [0.25, 0.3) is 0 Å². The number of alkyl halides is 6. The molecule has 0 radical (unpaired) electrons. The number of halogens is 10. The van der Waals surface area contributed by atoms with Gasteiger partial charge >= 0.3 is 12.4 Å². The van der Waals surface area contributed by atoms with Gasteiger partial charge in [0.1, 0.15) is 0 Å². The van der Waals surface area contributed by atoms with Gasteiger partial charge in [-0.15, -0.1) is 24.8 Å². The van der Waals surface area contributed by atoms with Crippen LogP contribution in [0.2, 0.25) is 0 Å². The Hall–Kier alpha value is -2.19. The minimum Gasteiger partial charge on any atom is -0.373 e. The molecule has 2 aromatic rings. The number of rotatable bonds is 6. The highest BCUT2D eigenvalue weighted by molar-refractivity contribution is 5.95. The molecule has 15 heteroatoms. The lowest BCUT2D eigenvalue weighted by atomic mass is 9.99. The summed E-state index contributed by atoms with van der Waals surface area (Å²) in [5, 5.41) is 0. The molecule has 0 N–H and O–H groups in total. The third-order valence-electron chi connectivity index (χ3n) is 7.35. The quantitative estimate of drug-likeness (QED) is 0.338. The van der Waals surface area contributed by atoms with Crippen LogP contribution in [0, 0.1) is 11.6 Å². The maximum Gasteiger partial charge on any atom is 0.416 e. The van der Waals surface area contributed by atoms with Crippen molar-refractivity contribution in [2.45, 2.75) is 50.9 Å². The number of piperazine rings is 1. The number of carbonyl (C=O) groups is 1. The Morgan fingerprint density at radius 2 is 1.35 bits per heavy atom. The van der Waals surface area contributed by atoms with Crippen LogP contribution < -0.4 is 0 Å². The number of benzene rings is 2. The molecule has 3 atom stereocenters. The molecule has 1 amide bonds. The Labute approximate surface area is 257 Å². The van der Waals surface area contributed by atoms with Crippen molar-refractivity contribution in [2.24, 2.45) is 0 Å². The van der Waals surface area contributed by atoms with Crippen LogP contribution >= 0.6 is 24.8 Å². The highest BCUT2D eigenvalue weighted by Gasteiger charge is 2.39. The normalized spacial score (nSPS) is 22.1. The fourth-order valence-corrected chi connectivity index (χ4v) is 5.50. The molecular weight excluding hydrogens is 633 g/mol. The Morgan fingerprint density at radius 3 is 1.88 bits per heavy atom. The summed E-state index contributed by atoms with van der Waals surface area (Å²) in [7, 11) is 0. The minimum atomic E-state index is -5.10. The maximum absolute atomic E-state index is 13.9. The molecule has 5 nitrogen and oxygen atoms in total. The van der Waals surface area contributed by atoms with Gasteiger partial charge in [0.05, 0.1) is 23.3 Å². The molecule has 2 fully saturated rings. The topological polar surface area (TPSA) is 36.0 Å². The fourth-order valence-electron chi connectivity index (χ4n) is 5.50. The van der Waals surface area contributed by atoms with Gasteiger partial charge in [-0.05, 0) is 56.2 Å². The van der Waals surface area contributed by atoms with E-state index in [-0.39, 0.29) is 62.6 Å². The van der Waals surface area contributed by atoms with E-state index in [0.717, 1.165) is 25.2 Å². The number of hydrogen-bond acceptors (Lipinski definition) is 4. The number of carbonyl (C=O) groups excluding carboxylic acids is 1. The largest absolute Gasteiger partial charge is 0.416 e. The van der Waals surface area contributed by atoms with Crippen LogP contribution in [0.3, 0.4) is 0 Å². The van der Waals surface area contributed by atoms with Crippen LogP contribution in [0.1, 0.15) is 40.9 Å². The monoisotopic (exact) mass is 665 g/mol. The highest BCUT2D eigenvalue weighted by atomic mass is 35.5. The van der Waals surface area contributed by atoms with Gasteiger partial charge in [-0.2, -0.15) is 26.3 Å². The van der Waals surface area contributed by atoms with Crippen LogP contribution in [0.5, 0.6) is 0 Å². The van der Waals surface area contributed by atoms with Crippen molar-refractivity contribution in [3.05, 3.63) is 70.3 Å². The van der Waals surface area contributed by atoms with E-state index >= 15 is 0 Å². The van der Waals surface area contributed by atoms with Crippen molar-refractivity contribution in [1.29, 1.82) is 0 Å². The minimum absolute atomic E-state index is 0. The van der Waals surface area contributed by atoms with Crippen molar-refractivity contribution in [3.8, 4) is 0 Å². The van der Waals surface area contributed by atoms with E-state index < -0.39 is 52.6 Å². The molecule has 43 heavy (non-hydrogen) atoms. The molecule has 0 aromatic heterocycles. The number of nitrogens with zero attached hydrogens (tertiary/aromatic N) is 3. The van der Waals surface area contributed by atoms with Gasteiger partial charge in [0.25, 0.3) is 5.91 Å². The zero-order chi connectivity index (χ0) is 30.1. The van der Waals surface area contributed by atoms with Gasteiger partial charge in [0.2, 0.25) is 0 Å². The van der Waals surface area contributed by atoms with Crippen LogP contribution in [0.15, 0.2) is 36.4 Å². The van der Waals surface area contributed by atoms with E-state index in [4.69, 9.17) is 4.74 Å². The van der Waals surface area contributed by atoms with Gasteiger partial charge in [0, 0.05) is 57.4 Å². The van der Waals surface area contributed by atoms with Gasteiger partial charge in [-0.25, -0.2) is 8.78 Å². The number of amides is 1. The molecule has 4 rings (SSSR count). The summed E-state index contributed by atoms with van der Waals surface area (Å²) in [6, 6.07) is 3.33. The highest BCUT2D eigenvalue weighted by Crippen LogP contribution is 2.37. The van der Waals surface area contributed by atoms with Gasteiger partial charge in [0.15, 0.2) is 11.6 Å². The summed E-state index contributed by atoms with van der Waals surface area (Å²) in [6.07, 6.45) is -10.1. The van der Waals surface area contributed by atoms with Crippen LogP contribution in [0.4, 0.5) is 35.1 Å². The molecule has 0 saturated carbocycles. The summed E-state index contributed by atoms with van der Waals surface area (Å²) < 4.78 is 114. The lowest BCUT2D eigenvalue weighted by molar-refractivity contribution is -0.143. The third kappa shape index (κ3) is 9.65. The number of morpholine rings is 1. The molecule has 242 valence electrons. The van der Waals surface area contributed by atoms with Crippen molar-refractivity contribution in [3.63, 3.8) is 0 Å². The molecule has 2 aromatic carbocycles. The second kappa shape index (κ2) is 14.7. The van der Waals surface area contributed by atoms with E-state index in [1.807, 2.05) is 18.7 Å². The zero-order valence-corrected chi connectivity index (χ0v) is 25.0. The molecule has 0 bridgehead atoms. The first-order valence-electron chi connectivity index (χ1n) is 13.2. The smallest absolute Gasteiger partial charge is 0.373 e. The molecule has 2 saturated heterocycles. The van der Waals surface area contributed by atoms with Gasteiger partial charge in [-0.3, -0.25) is 14.6 Å². The molecule has 0 aliphatic carbocycles. The van der Waals surface area contributed by atoms with Crippen LogP contribution in [-0.4, -0.2) is 84.7 Å². The molecule has 0 spiro atoms. The van der Waals surface area contributed by atoms with Crippen LogP contribution in [-0.2, 0) is 23.5 Å². The van der Waals surface area contributed by atoms with Gasteiger partial charge in [-0.1, -0.05) is 6.07 Å². The molecule has 2 aliphatic rings. The average Bonchev–Trinajstić information content (AvgIpc) is 2.87. The summed E-state index contributed by atoms with van der Waals surface area (Å²) >= 11 is 0. The maximum atomic E-state index is 13.9. The lowest BCUT2D eigenvalue weighted by Gasteiger charge is -2.43. The second-order valence-electron chi connectivity index (χ2n) is 10.7. The Kier molecular flexibility index (Phi) is 12.7. The average molecular weight is 666 g/mol. The molecule has 2 aliphatic heterocycles. The molecule has 0 unspecified atom stereocenters. The molecular formula is C28H33Cl2F8N3O2. The lowest BCUT2D eigenvalue weighted by Crippen LogP contribution is -2.57. The fraction of sp³-hybridized carbons (Fsp3) is 0.536. The van der Waals surface area contributed by atoms with E-state index in [1.165, 1.54) is 11.0 Å². The Balaban J connectivity index is 0.00000323. The summed E-state index contributed by atoms with van der Waals surface area (Å²) in [5.41, 5.74) is -3.57. The van der Waals surface area contributed by atoms with E-state index in [0.29, 0.717) is 37.3 Å². The van der Waals surface area contributed by atoms with Gasteiger partial charge < -0.3 is 9.64 Å². The second-order valence-corrected chi connectivity index (χ2v) is 10.7. The van der Waals surface area contributed by atoms with Crippen molar-refractivity contribution in [1.82, 2.24) is 14.7 Å². The summed E-state index contributed by atoms with van der Waals surface area (Å²) in [6.45, 7) is 7.30. The van der Waals surface area contributed by atoms with Crippen molar-refractivity contribution >= 4 is 30.7 Å². The van der Waals surface area contributed by atoms with E-state index in [2.05, 4.69) is 4.90 Å². The zero-order valence-electron chi connectivity index (χ0n) is 23.4. The van der Waals surface area contributed by atoms with Crippen molar-refractivity contribution < 1.29 is 44.7 Å². The number of hydrogen-bond donors (Lipinski definition) is 0. The van der Waals surface area contributed by atoms with E-state index in [9.17, 15) is 39.9 Å². The first kappa shape index (κ1) is 37.0. The Bertz CT molecular complexity index is 1210. The third-order valence-corrected chi connectivity index (χ3v) is 7.35. The first-order valence-corrected chi connectivity index (χ1v) is 13.2. The Morgan fingerprint density at radius 1 is 0.791 bits per heavy atom. The van der Waals surface area contributed by atoms with E-state index in [1.54, 1.807) is 0 Å². The predicted octanol–water partition coefficient (Wildman–Crippen LogP) is 6.32. The summed E-state index contributed by atoms with van der Waals surface area (Å²) in [4.78, 5) is 19.0.